The van der Waals surface area contributed by atoms with Crippen LogP contribution in [0, 0.1) is 0 Å². The van der Waals surface area contributed by atoms with Gasteiger partial charge in [0, 0.05) is 27.3 Å². The van der Waals surface area contributed by atoms with Crippen molar-refractivity contribution in [3.8, 4) is 0 Å². The van der Waals surface area contributed by atoms with E-state index in [0.29, 0.717) is 6.04 Å². The number of hydrogen-bond donors (Lipinski definition) is 1. The number of rotatable bonds is 9. The van der Waals surface area contributed by atoms with Gasteiger partial charge >= 0.3 is 0 Å². The lowest BCUT2D eigenvalue weighted by Gasteiger charge is -2.15. The average molecular weight is 333 g/mol. The Morgan fingerprint density at radius 1 is 1.33 bits per heavy atom. The summed E-state index contributed by atoms with van der Waals surface area (Å²) in [5.41, 5.74) is 0. The van der Waals surface area contributed by atoms with E-state index < -0.39 is 0 Å². The molecule has 1 aromatic rings. The standard InChI is InChI=1S/C14H25BrN2S/c1-12(2)16-7-5-4-6-8-17(3)10-14-9-13(15)11-18-14/h9,11-12,16H,4-8,10H2,1-3H3. The maximum atomic E-state index is 3.50. The topological polar surface area (TPSA) is 15.3 Å². The van der Waals surface area contributed by atoms with Crippen LogP contribution in [-0.2, 0) is 6.54 Å². The van der Waals surface area contributed by atoms with Crippen molar-refractivity contribution in [2.24, 2.45) is 0 Å². The summed E-state index contributed by atoms with van der Waals surface area (Å²) >= 11 is 5.33. The van der Waals surface area contributed by atoms with Gasteiger partial charge in [-0.2, -0.15) is 0 Å². The number of nitrogens with one attached hydrogen (secondary N) is 1. The molecule has 0 fully saturated rings. The number of halogens is 1. The first kappa shape index (κ1) is 16.2. The molecule has 0 radical (unpaired) electrons. The summed E-state index contributed by atoms with van der Waals surface area (Å²) in [6.45, 7) is 7.82. The minimum Gasteiger partial charge on any atom is -0.315 e. The molecule has 0 unspecified atom stereocenters. The number of nitrogens with zero attached hydrogens (tertiary/aromatic N) is 1. The molecular weight excluding hydrogens is 308 g/mol. The van der Waals surface area contributed by atoms with E-state index in [9.17, 15) is 0 Å². The Kier molecular flexibility index (Phi) is 8.15. The third-order valence-electron chi connectivity index (χ3n) is 2.82. The van der Waals surface area contributed by atoms with Gasteiger partial charge in [-0.15, -0.1) is 11.3 Å². The normalized spacial score (nSPS) is 11.7. The van der Waals surface area contributed by atoms with E-state index in [1.165, 1.54) is 35.2 Å². The van der Waals surface area contributed by atoms with Crippen LogP contribution in [0.15, 0.2) is 15.9 Å². The van der Waals surface area contributed by atoms with Crippen LogP contribution in [0.4, 0.5) is 0 Å². The van der Waals surface area contributed by atoms with Gasteiger partial charge in [-0.25, -0.2) is 0 Å². The Labute approximate surface area is 124 Å². The number of hydrogen-bond acceptors (Lipinski definition) is 3. The smallest absolute Gasteiger partial charge is 0.0325 e. The van der Waals surface area contributed by atoms with Crippen molar-refractivity contribution >= 4 is 27.3 Å². The second-order valence-electron chi connectivity index (χ2n) is 5.14. The van der Waals surface area contributed by atoms with Gasteiger partial charge in [0.2, 0.25) is 0 Å². The van der Waals surface area contributed by atoms with Crippen LogP contribution in [0.5, 0.6) is 0 Å². The first-order valence-electron chi connectivity index (χ1n) is 6.72. The third kappa shape index (κ3) is 7.52. The van der Waals surface area contributed by atoms with Gasteiger partial charge in [-0.3, -0.25) is 0 Å². The molecule has 1 heterocycles. The van der Waals surface area contributed by atoms with E-state index in [4.69, 9.17) is 0 Å². The highest BCUT2D eigenvalue weighted by Crippen LogP contribution is 2.20. The molecule has 0 saturated heterocycles. The fourth-order valence-electron chi connectivity index (χ4n) is 1.86. The lowest BCUT2D eigenvalue weighted by atomic mass is 10.2. The molecule has 0 saturated carbocycles. The van der Waals surface area contributed by atoms with Crippen molar-refractivity contribution in [1.29, 1.82) is 0 Å². The predicted molar refractivity (Wildman–Crippen MR) is 85.3 cm³/mol. The summed E-state index contributed by atoms with van der Waals surface area (Å²) in [6, 6.07) is 2.83. The van der Waals surface area contributed by atoms with E-state index >= 15 is 0 Å². The van der Waals surface area contributed by atoms with Crippen LogP contribution in [0.2, 0.25) is 0 Å². The SMILES string of the molecule is CC(C)NCCCCCN(C)Cc1cc(Br)cs1. The molecule has 0 bridgehead atoms. The Morgan fingerprint density at radius 2 is 2.11 bits per heavy atom. The molecule has 0 aromatic carbocycles. The van der Waals surface area contributed by atoms with Crippen molar-refractivity contribution < 1.29 is 0 Å². The van der Waals surface area contributed by atoms with Gasteiger partial charge in [-0.1, -0.05) is 20.3 Å². The van der Waals surface area contributed by atoms with Crippen molar-refractivity contribution in [3.05, 3.63) is 20.8 Å². The number of thiophene rings is 1. The Balaban J connectivity index is 2.01. The lowest BCUT2D eigenvalue weighted by Crippen LogP contribution is -2.24. The van der Waals surface area contributed by atoms with Crippen LogP contribution in [0.25, 0.3) is 0 Å². The van der Waals surface area contributed by atoms with E-state index in [1.54, 1.807) is 0 Å². The zero-order chi connectivity index (χ0) is 13.4. The lowest BCUT2D eigenvalue weighted by molar-refractivity contribution is 0.319. The molecule has 0 aliphatic heterocycles. The fourth-order valence-corrected chi connectivity index (χ4v) is 3.39. The van der Waals surface area contributed by atoms with Crippen molar-refractivity contribution in [2.45, 2.75) is 45.7 Å². The van der Waals surface area contributed by atoms with Crippen molar-refractivity contribution in [3.63, 3.8) is 0 Å². The molecule has 0 aliphatic carbocycles. The summed E-state index contributed by atoms with van der Waals surface area (Å²) in [7, 11) is 2.21. The summed E-state index contributed by atoms with van der Waals surface area (Å²) in [6.07, 6.45) is 3.90. The third-order valence-corrected chi connectivity index (χ3v) is 4.50. The van der Waals surface area contributed by atoms with Crippen LogP contribution >= 0.6 is 27.3 Å². The largest absolute Gasteiger partial charge is 0.315 e. The fraction of sp³-hybridized carbons (Fsp3) is 0.714. The molecule has 0 aliphatic rings. The van der Waals surface area contributed by atoms with Gasteiger partial charge in [0.1, 0.15) is 0 Å². The molecule has 1 N–H and O–H groups in total. The second kappa shape index (κ2) is 9.08. The molecule has 0 amide bonds. The quantitative estimate of drug-likeness (QED) is 0.684. The maximum Gasteiger partial charge on any atom is 0.0325 e. The van der Waals surface area contributed by atoms with Gasteiger partial charge in [0.05, 0.1) is 0 Å². The van der Waals surface area contributed by atoms with Crippen molar-refractivity contribution in [1.82, 2.24) is 10.2 Å². The summed E-state index contributed by atoms with van der Waals surface area (Å²) in [5, 5.41) is 5.61. The van der Waals surface area contributed by atoms with Crippen LogP contribution in [0.3, 0.4) is 0 Å². The molecule has 18 heavy (non-hydrogen) atoms. The van der Waals surface area contributed by atoms with Gasteiger partial charge in [-0.05, 0) is 55.0 Å². The van der Waals surface area contributed by atoms with Crippen LogP contribution in [0.1, 0.15) is 38.0 Å². The van der Waals surface area contributed by atoms with Gasteiger partial charge in [0.25, 0.3) is 0 Å². The monoisotopic (exact) mass is 332 g/mol. The van der Waals surface area contributed by atoms with E-state index in [0.717, 1.165) is 13.1 Å². The molecule has 104 valence electrons. The van der Waals surface area contributed by atoms with Gasteiger partial charge < -0.3 is 10.2 Å². The predicted octanol–water partition coefficient (Wildman–Crippen LogP) is 4.11. The molecule has 0 spiro atoms. The van der Waals surface area contributed by atoms with Crippen LogP contribution in [-0.4, -0.2) is 31.1 Å². The highest BCUT2D eigenvalue weighted by molar-refractivity contribution is 9.10. The Morgan fingerprint density at radius 3 is 2.72 bits per heavy atom. The first-order valence-corrected chi connectivity index (χ1v) is 8.40. The minimum absolute atomic E-state index is 0.616. The Hall–Kier alpha value is 0.1000. The molecule has 2 nitrogen and oxygen atoms in total. The zero-order valence-corrected chi connectivity index (χ0v) is 14.1. The Bertz CT molecular complexity index is 325. The van der Waals surface area contributed by atoms with Crippen molar-refractivity contribution in [2.75, 3.05) is 20.1 Å². The molecular formula is C14H25BrN2S. The zero-order valence-electron chi connectivity index (χ0n) is 11.7. The summed E-state index contributed by atoms with van der Waals surface area (Å²) in [5.74, 6) is 0. The molecule has 0 atom stereocenters. The summed E-state index contributed by atoms with van der Waals surface area (Å²) in [4.78, 5) is 3.85. The van der Waals surface area contributed by atoms with Gasteiger partial charge in [0.15, 0.2) is 0 Å². The summed E-state index contributed by atoms with van der Waals surface area (Å²) < 4.78 is 1.20. The first-order chi connectivity index (χ1) is 8.58. The molecule has 1 aromatic heterocycles. The van der Waals surface area contributed by atoms with E-state index in [-0.39, 0.29) is 0 Å². The van der Waals surface area contributed by atoms with Crippen LogP contribution < -0.4 is 5.32 Å². The van der Waals surface area contributed by atoms with E-state index in [2.05, 4.69) is 58.5 Å². The number of unbranched alkanes of at least 4 members (excludes halogenated alkanes) is 2. The van der Waals surface area contributed by atoms with E-state index in [1.807, 2.05) is 11.3 Å². The minimum atomic E-state index is 0.616. The molecule has 4 heteroatoms. The highest BCUT2D eigenvalue weighted by atomic mass is 79.9. The second-order valence-corrected chi connectivity index (χ2v) is 7.05. The molecule has 1 rings (SSSR count). The average Bonchev–Trinajstić information content (AvgIpc) is 2.68. The maximum absolute atomic E-state index is 3.50. The highest BCUT2D eigenvalue weighted by Gasteiger charge is 2.02.